The predicted octanol–water partition coefficient (Wildman–Crippen LogP) is 2.09. The van der Waals surface area contributed by atoms with Gasteiger partial charge in [0, 0.05) is 11.6 Å². The molecular formula is C15H20ClN5. The molecule has 2 N–H and O–H groups in total. The summed E-state index contributed by atoms with van der Waals surface area (Å²) in [5.41, 5.74) is 7.97. The van der Waals surface area contributed by atoms with Crippen LogP contribution in [-0.4, -0.2) is 39.3 Å². The van der Waals surface area contributed by atoms with Gasteiger partial charge >= 0.3 is 0 Å². The van der Waals surface area contributed by atoms with Gasteiger partial charge in [0.05, 0.1) is 5.69 Å². The summed E-state index contributed by atoms with van der Waals surface area (Å²) in [5.74, 6) is 0.682. The van der Waals surface area contributed by atoms with Gasteiger partial charge in [-0.3, -0.25) is 4.90 Å². The first kappa shape index (κ1) is 14.5. The molecule has 0 unspecified atom stereocenters. The average Bonchev–Trinajstić information content (AvgIpc) is 3.04. The van der Waals surface area contributed by atoms with Crippen molar-refractivity contribution in [3.63, 3.8) is 0 Å². The number of benzene rings is 1. The zero-order chi connectivity index (χ0) is 14.7. The third kappa shape index (κ3) is 3.43. The minimum absolute atomic E-state index is 0.682. The minimum atomic E-state index is 0.682. The fourth-order valence-corrected chi connectivity index (χ4v) is 3.00. The van der Waals surface area contributed by atoms with E-state index in [1.54, 1.807) is 11.0 Å². The Balaban J connectivity index is 1.77. The van der Waals surface area contributed by atoms with Crippen molar-refractivity contribution in [2.24, 2.45) is 11.7 Å². The van der Waals surface area contributed by atoms with Gasteiger partial charge < -0.3 is 5.73 Å². The highest BCUT2D eigenvalue weighted by Crippen LogP contribution is 2.23. The summed E-state index contributed by atoms with van der Waals surface area (Å²) in [5, 5.41) is 4.93. The maximum absolute atomic E-state index is 6.13. The van der Waals surface area contributed by atoms with E-state index in [0.717, 1.165) is 31.9 Å². The van der Waals surface area contributed by atoms with E-state index in [4.69, 9.17) is 17.3 Å². The standard InChI is InChI=1S/C15H20ClN5/c16-14-2-1-13(15(7-14)21-11-18-10-19-21)9-20-5-3-12(8-17)4-6-20/h1-2,7,10-12H,3-6,8-9,17H2. The number of nitrogens with two attached hydrogens (primary N) is 1. The summed E-state index contributed by atoms with van der Waals surface area (Å²) in [6.07, 6.45) is 5.61. The summed E-state index contributed by atoms with van der Waals surface area (Å²) in [4.78, 5) is 6.49. The van der Waals surface area contributed by atoms with Crippen LogP contribution in [-0.2, 0) is 6.54 Å². The predicted molar refractivity (Wildman–Crippen MR) is 83.4 cm³/mol. The van der Waals surface area contributed by atoms with E-state index in [1.807, 2.05) is 12.1 Å². The fraction of sp³-hybridized carbons (Fsp3) is 0.467. The second-order valence-electron chi connectivity index (χ2n) is 5.57. The van der Waals surface area contributed by atoms with Crippen LogP contribution < -0.4 is 5.73 Å². The fourth-order valence-electron chi connectivity index (χ4n) is 2.84. The molecule has 1 fully saturated rings. The number of rotatable bonds is 4. The van der Waals surface area contributed by atoms with Gasteiger partial charge in [-0.25, -0.2) is 9.67 Å². The topological polar surface area (TPSA) is 60.0 Å². The molecule has 6 heteroatoms. The molecule has 0 saturated carbocycles. The van der Waals surface area contributed by atoms with Crippen molar-refractivity contribution >= 4 is 11.6 Å². The van der Waals surface area contributed by atoms with E-state index in [2.05, 4.69) is 21.0 Å². The summed E-state index contributed by atoms with van der Waals surface area (Å²) >= 11 is 6.13. The molecule has 0 radical (unpaired) electrons. The quantitative estimate of drug-likeness (QED) is 0.939. The highest BCUT2D eigenvalue weighted by atomic mass is 35.5. The van der Waals surface area contributed by atoms with Gasteiger partial charge in [-0.05, 0) is 56.1 Å². The van der Waals surface area contributed by atoms with Crippen molar-refractivity contribution in [1.82, 2.24) is 19.7 Å². The van der Waals surface area contributed by atoms with Crippen LogP contribution in [0.5, 0.6) is 0 Å². The Hall–Kier alpha value is -1.43. The van der Waals surface area contributed by atoms with Crippen LogP contribution in [0.2, 0.25) is 5.02 Å². The molecule has 1 aromatic heterocycles. The molecule has 0 bridgehead atoms. The van der Waals surface area contributed by atoms with Crippen LogP contribution in [0.25, 0.3) is 5.69 Å². The second kappa shape index (κ2) is 6.56. The largest absolute Gasteiger partial charge is 0.330 e. The Morgan fingerprint density at radius 1 is 1.29 bits per heavy atom. The molecule has 5 nitrogen and oxygen atoms in total. The zero-order valence-electron chi connectivity index (χ0n) is 12.0. The molecular weight excluding hydrogens is 286 g/mol. The number of hydrogen-bond acceptors (Lipinski definition) is 4. The molecule has 1 saturated heterocycles. The molecule has 1 aromatic carbocycles. The molecule has 0 aliphatic carbocycles. The first-order chi connectivity index (χ1) is 10.3. The van der Waals surface area contributed by atoms with Crippen molar-refractivity contribution in [2.75, 3.05) is 19.6 Å². The Bertz CT molecular complexity index is 576. The van der Waals surface area contributed by atoms with E-state index in [1.165, 1.54) is 24.7 Å². The number of hydrogen-bond donors (Lipinski definition) is 1. The second-order valence-corrected chi connectivity index (χ2v) is 6.00. The normalized spacial score (nSPS) is 17.2. The first-order valence-corrected chi connectivity index (χ1v) is 7.70. The smallest absolute Gasteiger partial charge is 0.138 e. The third-order valence-electron chi connectivity index (χ3n) is 4.15. The number of likely N-dealkylation sites (tertiary alicyclic amines) is 1. The van der Waals surface area contributed by atoms with E-state index < -0.39 is 0 Å². The summed E-state index contributed by atoms with van der Waals surface area (Å²) in [6.45, 7) is 3.91. The molecule has 112 valence electrons. The van der Waals surface area contributed by atoms with Gasteiger partial charge in [0.25, 0.3) is 0 Å². The van der Waals surface area contributed by atoms with Gasteiger partial charge in [-0.15, -0.1) is 0 Å². The van der Waals surface area contributed by atoms with Crippen molar-refractivity contribution in [3.05, 3.63) is 41.4 Å². The maximum atomic E-state index is 6.13. The van der Waals surface area contributed by atoms with E-state index in [9.17, 15) is 0 Å². The highest BCUT2D eigenvalue weighted by molar-refractivity contribution is 6.30. The minimum Gasteiger partial charge on any atom is -0.330 e. The van der Waals surface area contributed by atoms with Crippen molar-refractivity contribution in [1.29, 1.82) is 0 Å². The molecule has 21 heavy (non-hydrogen) atoms. The number of aromatic nitrogens is 3. The van der Waals surface area contributed by atoms with Gasteiger partial charge in [-0.1, -0.05) is 17.7 Å². The van der Waals surface area contributed by atoms with Crippen LogP contribution in [0.15, 0.2) is 30.9 Å². The highest BCUT2D eigenvalue weighted by Gasteiger charge is 2.19. The van der Waals surface area contributed by atoms with Crippen LogP contribution in [0.1, 0.15) is 18.4 Å². The molecule has 1 aliphatic rings. The maximum Gasteiger partial charge on any atom is 0.138 e. The van der Waals surface area contributed by atoms with Crippen LogP contribution in [0, 0.1) is 5.92 Å². The molecule has 1 aliphatic heterocycles. The number of piperidine rings is 1. The van der Waals surface area contributed by atoms with Gasteiger partial charge in [0.15, 0.2) is 0 Å². The van der Waals surface area contributed by atoms with Gasteiger partial charge in [0.2, 0.25) is 0 Å². The summed E-state index contributed by atoms with van der Waals surface area (Å²) in [7, 11) is 0. The first-order valence-electron chi connectivity index (χ1n) is 7.32. The monoisotopic (exact) mass is 305 g/mol. The summed E-state index contributed by atoms with van der Waals surface area (Å²) in [6, 6.07) is 5.95. The third-order valence-corrected chi connectivity index (χ3v) is 4.38. The molecule has 0 amide bonds. The average molecular weight is 306 g/mol. The summed E-state index contributed by atoms with van der Waals surface area (Å²) < 4.78 is 1.77. The van der Waals surface area contributed by atoms with Gasteiger partial charge in [0.1, 0.15) is 12.7 Å². The van der Waals surface area contributed by atoms with Crippen molar-refractivity contribution in [3.8, 4) is 5.69 Å². The van der Waals surface area contributed by atoms with Crippen molar-refractivity contribution < 1.29 is 0 Å². The lowest BCUT2D eigenvalue weighted by atomic mass is 9.96. The Morgan fingerprint density at radius 3 is 2.76 bits per heavy atom. The molecule has 0 spiro atoms. The van der Waals surface area contributed by atoms with Crippen LogP contribution in [0.3, 0.4) is 0 Å². The Kier molecular flexibility index (Phi) is 4.53. The van der Waals surface area contributed by atoms with Crippen LogP contribution in [0.4, 0.5) is 0 Å². The molecule has 3 rings (SSSR count). The van der Waals surface area contributed by atoms with E-state index in [-0.39, 0.29) is 0 Å². The lowest BCUT2D eigenvalue weighted by Crippen LogP contribution is -2.35. The number of halogens is 1. The van der Waals surface area contributed by atoms with Crippen molar-refractivity contribution in [2.45, 2.75) is 19.4 Å². The zero-order valence-corrected chi connectivity index (χ0v) is 12.7. The van der Waals surface area contributed by atoms with E-state index in [0.29, 0.717) is 10.9 Å². The lowest BCUT2D eigenvalue weighted by Gasteiger charge is -2.31. The molecule has 2 heterocycles. The SMILES string of the molecule is NCC1CCN(Cc2ccc(Cl)cc2-n2cncn2)CC1. The lowest BCUT2D eigenvalue weighted by molar-refractivity contribution is 0.180. The molecule has 0 atom stereocenters. The van der Waals surface area contributed by atoms with Crippen LogP contribution >= 0.6 is 11.6 Å². The number of nitrogens with zero attached hydrogens (tertiary/aromatic N) is 4. The Morgan fingerprint density at radius 2 is 2.10 bits per heavy atom. The Labute approximate surface area is 129 Å². The molecule has 2 aromatic rings. The van der Waals surface area contributed by atoms with E-state index >= 15 is 0 Å². The van der Waals surface area contributed by atoms with Gasteiger partial charge in [-0.2, -0.15) is 5.10 Å².